The highest BCUT2D eigenvalue weighted by Crippen LogP contribution is 2.37. The highest BCUT2D eigenvalue weighted by atomic mass is 19.4. The summed E-state index contributed by atoms with van der Waals surface area (Å²) in [5.41, 5.74) is -1.46. The zero-order chi connectivity index (χ0) is 24.0. The normalized spacial score (nSPS) is 27.4. The summed E-state index contributed by atoms with van der Waals surface area (Å²) < 4.78 is 71.5. The summed E-state index contributed by atoms with van der Waals surface area (Å²) >= 11 is 0. The molecule has 0 aromatic heterocycles. The maximum absolute atomic E-state index is 13.9. The number of hydrogen-bond donors (Lipinski definition) is 5. The van der Waals surface area contributed by atoms with Gasteiger partial charge in [0.15, 0.2) is 0 Å². The van der Waals surface area contributed by atoms with Crippen LogP contribution in [0.5, 0.6) is 0 Å². The number of aliphatic hydroxyl groups excluding tert-OH is 5. The van der Waals surface area contributed by atoms with Gasteiger partial charge in [0.25, 0.3) is 0 Å². The van der Waals surface area contributed by atoms with Gasteiger partial charge in [-0.1, -0.05) is 18.2 Å². The Hall–Kier alpha value is -2.15. The number of aryl methyl sites for hydroxylation is 1. The number of ether oxygens (including phenoxy) is 1. The zero-order valence-electron chi connectivity index (χ0n) is 16.6. The third-order valence-corrected chi connectivity index (χ3v) is 5.49. The number of halogens is 5. The summed E-state index contributed by atoms with van der Waals surface area (Å²) in [6, 6.07) is 5.09. The average Bonchev–Trinajstić information content (AvgIpc) is 2.70. The van der Waals surface area contributed by atoms with Crippen LogP contribution in [-0.2, 0) is 10.9 Å². The van der Waals surface area contributed by atoms with Crippen molar-refractivity contribution in [1.82, 2.24) is 0 Å². The highest BCUT2D eigenvalue weighted by molar-refractivity contribution is 5.66. The van der Waals surface area contributed by atoms with Crippen LogP contribution in [0.15, 0.2) is 30.3 Å². The van der Waals surface area contributed by atoms with Gasteiger partial charge in [0.05, 0.1) is 6.61 Å². The van der Waals surface area contributed by atoms with Crippen molar-refractivity contribution < 1.29 is 52.2 Å². The van der Waals surface area contributed by atoms with Crippen molar-refractivity contribution in [3.05, 3.63) is 58.7 Å². The minimum atomic E-state index is -5.19. The Morgan fingerprint density at radius 3 is 2.03 bits per heavy atom. The summed E-state index contributed by atoms with van der Waals surface area (Å²) in [5.74, 6) is -3.54. The molecule has 6 atom stereocenters. The van der Waals surface area contributed by atoms with Crippen molar-refractivity contribution in [3.8, 4) is 11.1 Å². The van der Waals surface area contributed by atoms with Gasteiger partial charge in [-0.3, -0.25) is 0 Å². The number of aliphatic hydroxyl groups is 5. The molecule has 5 N–H and O–H groups in total. The SMILES string of the molecule is Cc1cc(-c2cc(F)c(C(F)(F)F)c(F)c2)ccc1[C@@H](O)[C@H]1OC(CO)[C@@H](O)[C@H](O)C1O. The average molecular weight is 464 g/mol. The summed E-state index contributed by atoms with van der Waals surface area (Å²) in [4.78, 5) is 0. The van der Waals surface area contributed by atoms with E-state index in [4.69, 9.17) is 4.74 Å². The molecule has 0 bridgehead atoms. The van der Waals surface area contributed by atoms with Gasteiger partial charge < -0.3 is 30.3 Å². The van der Waals surface area contributed by atoms with Gasteiger partial charge >= 0.3 is 6.18 Å². The standard InChI is InChI=1S/C21H21F5O6/c1-8-4-9(10-5-12(22)15(13(23)6-10)21(24,25)26)2-3-11(8)16(28)20-19(31)18(30)17(29)14(7-27)32-20/h2-6,14,16-20,27-31H,7H2,1H3/t14?,16-,17-,18+,19?,20-/m1/s1. The first kappa shape index (κ1) is 24.5. The van der Waals surface area contributed by atoms with Gasteiger partial charge in [0.1, 0.15) is 53.8 Å². The van der Waals surface area contributed by atoms with E-state index in [0.717, 1.165) is 0 Å². The molecule has 3 rings (SSSR count). The van der Waals surface area contributed by atoms with Gasteiger partial charge in [-0.15, -0.1) is 0 Å². The van der Waals surface area contributed by atoms with E-state index in [1.807, 2.05) is 0 Å². The molecule has 176 valence electrons. The van der Waals surface area contributed by atoms with Crippen LogP contribution in [0.2, 0.25) is 0 Å². The fraction of sp³-hybridized carbons (Fsp3) is 0.429. The first-order chi connectivity index (χ1) is 14.9. The molecule has 1 heterocycles. The Balaban J connectivity index is 1.92. The third-order valence-electron chi connectivity index (χ3n) is 5.49. The molecule has 0 saturated carbocycles. The number of hydrogen-bond acceptors (Lipinski definition) is 6. The lowest BCUT2D eigenvalue weighted by atomic mass is 9.87. The minimum absolute atomic E-state index is 0.162. The molecule has 1 aliphatic rings. The van der Waals surface area contributed by atoms with Crippen molar-refractivity contribution in [1.29, 1.82) is 0 Å². The van der Waals surface area contributed by atoms with E-state index in [2.05, 4.69) is 0 Å². The smallest absolute Gasteiger partial charge is 0.394 e. The maximum Gasteiger partial charge on any atom is 0.422 e. The Bertz CT molecular complexity index is 957. The summed E-state index contributed by atoms with van der Waals surface area (Å²) in [6.07, 6.45) is -14.4. The molecule has 0 amide bonds. The lowest BCUT2D eigenvalue weighted by molar-refractivity contribution is -0.250. The van der Waals surface area contributed by atoms with Crippen LogP contribution in [0.4, 0.5) is 22.0 Å². The molecule has 11 heteroatoms. The second kappa shape index (κ2) is 9.00. The first-order valence-electron chi connectivity index (χ1n) is 9.52. The largest absolute Gasteiger partial charge is 0.422 e. The van der Waals surface area contributed by atoms with Crippen molar-refractivity contribution in [3.63, 3.8) is 0 Å². The molecule has 1 fully saturated rings. The van der Waals surface area contributed by atoms with E-state index >= 15 is 0 Å². The topological polar surface area (TPSA) is 110 Å². The predicted molar refractivity (Wildman–Crippen MR) is 100 cm³/mol. The van der Waals surface area contributed by atoms with Crippen molar-refractivity contribution >= 4 is 0 Å². The van der Waals surface area contributed by atoms with Crippen LogP contribution in [0.1, 0.15) is 22.8 Å². The molecule has 32 heavy (non-hydrogen) atoms. The molecule has 0 spiro atoms. The van der Waals surface area contributed by atoms with Gasteiger partial charge in [-0.05, 0) is 41.3 Å². The molecule has 1 saturated heterocycles. The second-order valence-electron chi connectivity index (χ2n) is 7.62. The lowest BCUT2D eigenvalue weighted by Crippen LogP contribution is -2.59. The van der Waals surface area contributed by atoms with Crippen LogP contribution in [-0.4, -0.2) is 62.7 Å². The molecule has 1 aliphatic heterocycles. The monoisotopic (exact) mass is 464 g/mol. The Kier molecular flexibility index (Phi) is 6.89. The van der Waals surface area contributed by atoms with Gasteiger partial charge in [0, 0.05) is 0 Å². The minimum Gasteiger partial charge on any atom is -0.394 e. The van der Waals surface area contributed by atoms with Gasteiger partial charge in [-0.2, -0.15) is 13.2 Å². The van der Waals surface area contributed by atoms with E-state index in [1.165, 1.54) is 25.1 Å². The van der Waals surface area contributed by atoms with Crippen LogP contribution in [0.3, 0.4) is 0 Å². The quantitative estimate of drug-likeness (QED) is 0.442. The fourth-order valence-electron chi connectivity index (χ4n) is 3.77. The molecular formula is C21H21F5O6. The molecule has 2 unspecified atom stereocenters. The van der Waals surface area contributed by atoms with Crippen molar-refractivity contribution in [2.75, 3.05) is 6.61 Å². The van der Waals surface area contributed by atoms with E-state index in [1.54, 1.807) is 0 Å². The lowest BCUT2D eigenvalue weighted by Gasteiger charge is -2.42. The highest BCUT2D eigenvalue weighted by Gasteiger charge is 2.46. The van der Waals surface area contributed by atoms with Crippen LogP contribution >= 0.6 is 0 Å². The van der Waals surface area contributed by atoms with Crippen LogP contribution in [0, 0.1) is 18.6 Å². The summed E-state index contributed by atoms with van der Waals surface area (Å²) in [5, 5.41) is 49.9. The molecule has 2 aromatic rings. The Labute approximate surface area is 179 Å². The molecule has 0 aliphatic carbocycles. The van der Waals surface area contributed by atoms with Crippen LogP contribution < -0.4 is 0 Å². The maximum atomic E-state index is 13.9. The van der Waals surface area contributed by atoms with E-state index in [-0.39, 0.29) is 16.7 Å². The van der Waals surface area contributed by atoms with Crippen LogP contribution in [0.25, 0.3) is 11.1 Å². The second-order valence-corrected chi connectivity index (χ2v) is 7.62. The summed E-state index contributed by atoms with van der Waals surface area (Å²) in [6.45, 7) is 0.819. The van der Waals surface area contributed by atoms with Gasteiger partial charge in [0.2, 0.25) is 0 Å². The van der Waals surface area contributed by atoms with E-state index < -0.39 is 66.6 Å². The predicted octanol–water partition coefficient (Wildman–Crippen LogP) is 1.83. The third kappa shape index (κ3) is 4.49. The Morgan fingerprint density at radius 1 is 0.938 bits per heavy atom. The molecular weight excluding hydrogens is 443 g/mol. The van der Waals surface area contributed by atoms with Crippen molar-refractivity contribution in [2.45, 2.75) is 49.7 Å². The van der Waals surface area contributed by atoms with E-state index in [0.29, 0.717) is 17.7 Å². The number of benzene rings is 2. The molecule has 0 radical (unpaired) electrons. The molecule has 6 nitrogen and oxygen atoms in total. The fourth-order valence-corrected chi connectivity index (χ4v) is 3.77. The number of rotatable bonds is 4. The zero-order valence-corrected chi connectivity index (χ0v) is 16.6. The number of alkyl halides is 3. The first-order valence-corrected chi connectivity index (χ1v) is 9.52. The molecule has 2 aromatic carbocycles. The van der Waals surface area contributed by atoms with E-state index in [9.17, 15) is 47.5 Å². The summed E-state index contributed by atoms with van der Waals surface area (Å²) in [7, 11) is 0. The van der Waals surface area contributed by atoms with Gasteiger partial charge in [-0.25, -0.2) is 8.78 Å². The van der Waals surface area contributed by atoms with Crippen molar-refractivity contribution in [2.24, 2.45) is 0 Å². The Morgan fingerprint density at radius 2 is 1.53 bits per heavy atom.